The Labute approximate surface area is 132 Å². The second-order valence-corrected chi connectivity index (χ2v) is 7.73. The van der Waals surface area contributed by atoms with Crippen LogP contribution in [0.15, 0.2) is 0 Å². The van der Waals surface area contributed by atoms with Gasteiger partial charge in [0.15, 0.2) is 18.2 Å². The number of ether oxygens (including phenoxy) is 3. The second kappa shape index (κ2) is 5.15. The van der Waals surface area contributed by atoms with Crippen molar-refractivity contribution in [2.45, 2.75) is 77.3 Å². The van der Waals surface area contributed by atoms with Gasteiger partial charge in [-0.05, 0) is 44.9 Å². The van der Waals surface area contributed by atoms with Gasteiger partial charge in [-0.15, -0.1) is 0 Å². The molecule has 0 aromatic carbocycles. The summed E-state index contributed by atoms with van der Waals surface area (Å²) in [6.07, 6.45) is 3.66. The summed E-state index contributed by atoms with van der Waals surface area (Å²) in [4.78, 5) is 11.9. The number of fused-ring (bicyclic) bond motifs is 2. The van der Waals surface area contributed by atoms with Gasteiger partial charge in [0.05, 0.1) is 0 Å². The van der Waals surface area contributed by atoms with Gasteiger partial charge in [-0.25, -0.2) is 9.78 Å². The predicted molar refractivity (Wildman–Crippen MR) is 78.5 cm³/mol. The lowest BCUT2D eigenvalue weighted by molar-refractivity contribution is -0.577. The smallest absolute Gasteiger partial charge is 0.201 e. The Morgan fingerprint density at radius 2 is 1.91 bits per heavy atom. The predicted octanol–water partition coefficient (Wildman–Crippen LogP) is 3.23. The Bertz CT molecular complexity index is 443. The summed E-state index contributed by atoms with van der Waals surface area (Å²) < 4.78 is 18.3. The van der Waals surface area contributed by atoms with Crippen LogP contribution in [0.1, 0.15) is 53.4 Å². The van der Waals surface area contributed by atoms with E-state index in [1.54, 1.807) is 0 Å². The van der Waals surface area contributed by atoms with Gasteiger partial charge in [-0.2, -0.15) is 0 Å². The maximum Gasteiger partial charge on any atom is 0.201 e. The molecule has 4 saturated heterocycles. The first kappa shape index (κ1) is 15.3. The molecule has 126 valence electrons. The molecule has 8 atom stereocenters. The van der Waals surface area contributed by atoms with Crippen LogP contribution >= 0.6 is 0 Å². The molecule has 0 amide bonds. The molecular weight excluding hydrogens is 284 g/mol. The first-order valence-corrected chi connectivity index (χ1v) is 8.82. The van der Waals surface area contributed by atoms with E-state index in [-0.39, 0.29) is 18.5 Å². The molecule has 5 nitrogen and oxygen atoms in total. The summed E-state index contributed by atoms with van der Waals surface area (Å²) in [6.45, 7) is 9.15. The van der Waals surface area contributed by atoms with Crippen LogP contribution in [0.4, 0.5) is 0 Å². The maximum absolute atomic E-state index is 6.25. The Hall–Kier alpha value is -0.200. The quantitative estimate of drug-likeness (QED) is 0.733. The third kappa shape index (κ3) is 1.96. The third-order valence-electron chi connectivity index (χ3n) is 6.43. The van der Waals surface area contributed by atoms with Crippen molar-refractivity contribution in [1.82, 2.24) is 0 Å². The van der Waals surface area contributed by atoms with E-state index in [0.717, 1.165) is 19.3 Å². The maximum atomic E-state index is 6.25. The molecule has 5 rings (SSSR count). The molecule has 0 radical (unpaired) electrons. The van der Waals surface area contributed by atoms with Crippen LogP contribution in [-0.4, -0.2) is 30.6 Å². The van der Waals surface area contributed by atoms with Crippen molar-refractivity contribution in [1.29, 1.82) is 0 Å². The van der Waals surface area contributed by atoms with E-state index < -0.39 is 11.4 Å². The zero-order chi connectivity index (χ0) is 15.5. The first-order chi connectivity index (χ1) is 10.5. The van der Waals surface area contributed by atoms with Crippen molar-refractivity contribution < 1.29 is 24.0 Å². The van der Waals surface area contributed by atoms with Crippen LogP contribution in [0.2, 0.25) is 0 Å². The molecule has 0 aromatic heterocycles. The molecule has 5 aliphatic rings. The summed E-state index contributed by atoms with van der Waals surface area (Å²) in [6, 6.07) is 0. The van der Waals surface area contributed by atoms with E-state index in [1.165, 1.54) is 6.42 Å². The second-order valence-electron chi connectivity index (χ2n) is 7.73. The molecular formula is C17H28O5. The van der Waals surface area contributed by atoms with Crippen LogP contribution in [0, 0.1) is 23.7 Å². The fourth-order valence-corrected chi connectivity index (χ4v) is 5.23. The van der Waals surface area contributed by atoms with Crippen LogP contribution in [0.25, 0.3) is 0 Å². The minimum Gasteiger partial charge on any atom is -0.353 e. The van der Waals surface area contributed by atoms with Crippen molar-refractivity contribution in [2.24, 2.45) is 23.7 Å². The highest BCUT2D eigenvalue weighted by atomic mass is 17.3. The van der Waals surface area contributed by atoms with Gasteiger partial charge < -0.3 is 14.2 Å². The highest BCUT2D eigenvalue weighted by Crippen LogP contribution is 2.60. The Balaban J connectivity index is 1.75. The van der Waals surface area contributed by atoms with E-state index >= 15 is 0 Å². The molecule has 1 saturated carbocycles. The summed E-state index contributed by atoms with van der Waals surface area (Å²) in [5.74, 6) is 0.957. The van der Waals surface area contributed by atoms with Crippen LogP contribution in [0.5, 0.6) is 0 Å². The van der Waals surface area contributed by atoms with Gasteiger partial charge in [-0.1, -0.05) is 13.8 Å². The topological polar surface area (TPSA) is 46.2 Å². The van der Waals surface area contributed by atoms with E-state index in [1.807, 2.05) is 13.8 Å². The zero-order valence-corrected chi connectivity index (χ0v) is 14.0. The lowest BCUT2D eigenvalue weighted by atomic mass is 9.58. The largest absolute Gasteiger partial charge is 0.353 e. The lowest BCUT2D eigenvalue weighted by Crippen LogP contribution is -2.70. The molecule has 5 fully saturated rings. The molecule has 4 aliphatic heterocycles. The van der Waals surface area contributed by atoms with E-state index in [9.17, 15) is 0 Å². The van der Waals surface area contributed by atoms with Crippen LogP contribution < -0.4 is 0 Å². The highest BCUT2D eigenvalue weighted by Gasteiger charge is 2.69. The standard InChI is InChI=1S/C17H28O5/c1-5-18-14-11(3)13-7-6-10(2)12-8-9-16(4)20-15(19-14)17(12,13)22-21-16/h10-15H,5-9H2,1-4H3/t10-,11?,12+,13+,14?,15-,16+,17-/m1/s1. The third-order valence-corrected chi connectivity index (χ3v) is 6.43. The van der Waals surface area contributed by atoms with Crippen molar-refractivity contribution in [3.8, 4) is 0 Å². The van der Waals surface area contributed by atoms with Gasteiger partial charge in [0.1, 0.15) is 0 Å². The lowest BCUT2D eigenvalue weighted by Gasteiger charge is -2.60. The fourth-order valence-electron chi connectivity index (χ4n) is 5.23. The molecule has 4 heterocycles. The van der Waals surface area contributed by atoms with Crippen LogP contribution in [0.3, 0.4) is 0 Å². The molecule has 0 aromatic rings. The summed E-state index contributed by atoms with van der Waals surface area (Å²) in [5, 5.41) is 0. The Morgan fingerprint density at radius 3 is 2.68 bits per heavy atom. The first-order valence-electron chi connectivity index (χ1n) is 8.82. The monoisotopic (exact) mass is 312 g/mol. The van der Waals surface area contributed by atoms with Gasteiger partial charge in [0, 0.05) is 24.9 Å². The average molecular weight is 312 g/mol. The fraction of sp³-hybridized carbons (Fsp3) is 1.00. The van der Waals surface area contributed by atoms with Crippen molar-refractivity contribution in [2.75, 3.05) is 6.61 Å². The number of hydrogen-bond acceptors (Lipinski definition) is 5. The van der Waals surface area contributed by atoms with Gasteiger partial charge in [0.2, 0.25) is 5.79 Å². The molecule has 1 aliphatic carbocycles. The van der Waals surface area contributed by atoms with E-state index in [0.29, 0.717) is 24.4 Å². The van der Waals surface area contributed by atoms with Gasteiger partial charge in [0.25, 0.3) is 0 Å². The molecule has 2 unspecified atom stereocenters. The van der Waals surface area contributed by atoms with Gasteiger partial charge in [-0.3, -0.25) is 0 Å². The molecule has 2 bridgehead atoms. The molecule has 1 spiro atoms. The highest BCUT2D eigenvalue weighted by molar-refractivity contribution is 5.09. The number of hydrogen-bond donors (Lipinski definition) is 0. The van der Waals surface area contributed by atoms with Gasteiger partial charge >= 0.3 is 0 Å². The van der Waals surface area contributed by atoms with E-state index in [4.69, 9.17) is 24.0 Å². The average Bonchev–Trinajstić information content (AvgIpc) is 2.71. The summed E-state index contributed by atoms with van der Waals surface area (Å²) >= 11 is 0. The SMILES string of the molecule is CCOC1O[C@@H]2O[C@]3(C)CC[C@H]4[C@H](C)CC[C@@H](C1C)[C@@]24OO3. The number of rotatable bonds is 2. The van der Waals surface area contributed by atoms with Crippen molar-refractivity contribution in [3.63, 3.8) is 0 Å². The van der Waals surface area contributed by atoms with Crippen molar-refractivity contribution in [3.05, 3.63) is 0 Å². The molecule has 22 heavy (non-hydrogen) atoms. The minimum absolute atomic E-state index is 0.216. The minimum atomic E-state index is -0.700. The zero-order valence-electron chi connectivity index (χ0n) is 14.0. The Morgan fingerprint density at radius 1 is 1.09 bits per heavy atom. The molecule has 5 heteroatoms. The summed E-state index contributed by atoms with van der Waals surface area (Å²) in [7, 11) is 0. The van der Waals surface area contributed by atoms with Crippen molar-refractivity contribution >= 4 is 0 Å². The van der Waals surface area contributed by atoms with E-state index in [2.05, 4.69) is 13.8 Å². The molecule has 0 N–H and O–H groups in total. The van der Waals surface area contributed by atoms with Crippen LogP contribution in [-0.2, 0) is 24.0 Å². The summed E-state index contributed by atoms with van der Waals surface area (Å²) in [5.41, 5.74) is -0.472. The Kier molecular flexibility index (Phi) is 3.59. The normalized spacial score (nSPS) is 57.3.